The molecule has 20 heavy (non-hydrogen) atoms. The molecule has 1 unspecified atom stereocenters. The van der Waals surface area contributed by atoms with Gasteiger partial charge in [0.25, 0.3) is 11.8 Å². The van der Waals surface area contributed by atoms with Crippen molar-refractivity contribution in [2.45, 2.75) is 18.9 Å². The van der Waals surface area contributed by atoms with E-state index in [2.05, 4.69) is 5.32 Å². The lowest BCUT2D eigenvalue weighted by atomic mass is 10.1. The van der Waals surface area contributed by atoms with Gasteiger partial charge in [0, 0.05) is 37.8 Å². The van der Waals surface area contributed by atoms with Crippen molar-refractivity contribution < 1.29 is 9.59 Å². The van der Waals surface area contributed by atoms with E-state index >= 15 is 0 Å². The first kappa shape index (κ1) is 14.5. The molecule has 0 heterocycles. The molecule has 5 nitrogen and oxygen atoms in total. The number of rotatable bonds is 5. The van der Waals surface area contributed by atoms with E-state index in [9.17, 15) is 9.59 Å². The minimum absolute atomic E-state index is 0.0377. The Hall–Kier alpha value is -1.88. The number of hydrogen-bond donors (Lipinski definition) is 2. The van der Waals surface area contributed by atoms with E-state index in [0.29, 0.717) is 23.6 Å². The predicted molar refractivity (Wildman–Crippen MR) is 77.5 cm³/mol. The molecule has 108 valence electrons. The minimum Gasteiger partial charge on any atom is -0.348 e. The fourth-order valence-electron chi connectivity index (χ4n) is 2.17. The highest BCUT2D eigenvalue weighted by Crippen LogP contribution is 2.32. The van der Waals surface area contributed by atoms with E-state index in [1.165, 1.54) is 4.90 Å². The van der Waals surface area contributed by atoms with E-state index in [1.807, 2.05) is 0 Å². The van der Waals surface area contributed by atoms with Gasteiger partial charge in [-0.3, -0.25) is 9.59 Å². The van der Waals surface area contributed by atoms with Crippen molar-refractivity contribution in [1.29, 1.82) is 0 Å². The number of nitrogens with two attached hydrogens (primary N) is 1. The monoisotopic (exact) mass is 275 g/mol. The van der Waals surface area contributed by atoms with Crippen LogP contribution in [0.5, 0.6) is 0 Å². The summed E-state index contributed by atoms with van der Waals surface area (Å²) in [6, 6.07) is 6.80. The Morgan fingerprint density at radius 1 is 1.35 bits per heavy atom. The van der Waals surface area contributed by atoms with Gasteiger partial charge in [-0.1, -0.05) is 6.07 Å². The lowest BCUT2D eigenvalue weighted by Gasteiger charge is -2.16. The lowest BCUT2D eigenvalue weighted by Crippen LogP contribution is -2.41. The van der Waals surface area contributed by atoms with Crippen LogP contribution in [0.2, 0.25) is 0 Å². The topological polar surface area (TPSA) is 75.4 Å². The van der Waals surface area contributed by atoms with Crippen LogP contribution in [0.1, 0.15) is 33.6 Å². The molecule has 5 heteroatoms. The molecule has 2 amide bonds. The smallest absolute Gasteiger partial charge is 0.253 e. The van der Waals surface area contributed by atoms with E-state index in [0.717, 1.165) is 12.8 Å². The number of nitrogens with zero attached hydrogens (tertiary/aromatic N) is 1. The Bertz CT molecular complexity index is 510. The normalized spacial score (nSPS) is 15.6. The van der Waals surface area contributed by atoms with Crippen LogP contribution in [0.4, 0.5) is 0 Å². The molecule has 0 radical (unpaired) electrons. The molecule has 0 aromatic heterocycles. The highest BCUT2D eigenvalue weighted by atomic mass is 16.2. The fourth-order valence-corrected chi connectivity index (χ4v) is 2.17. The summed E-state index contributed by atoms with van der Waals surface area (Å²) in [7, 11) is 3.37. The standard InChI is InChI=1S/C15H21N3O2/c1-18(2)15(20)12-5-3-4-11(8-12)14(19)17-13(9-16)10-6-7-10/h3-5,8,10,13H,6-7,9,16H2,1-2H3,(H,17,19). The average molecular weight is 275 g/mol. The van der Waals surface area contributed by atoms with E-state index < -0.39 is 0 Å². The van der Waals surface area contributed by atoms with Crippen LogP contribution in [0, 0.1) is 5.92 Å². The molecule has 1 aromatic rings. The molecule has 1 aliphatic rings. The maximum absolute atomic E-state index is 12.2. The van der Waals surface area contributed by atoms with Gasteiger partial charge in [0.2, 0.25) is 0 Å². The van der Waals surface area contributed by atoms with Crippen LogP contribution >= 0.6 is 0 Å². The number of nitrogens with one attached hydrogen (secondary N) is 1. The summed E-state index contributed by atoms with van der Waals surface area (Å²) in [5.74, 6) is 0.230. The summed E-state index contributed by atoms with van der Waals surface area (Å²) < 4.78 is 0. The fraction of sp³-hybridized carbons (Fsp3) is 0.467. The minimum atomic E-state index is -0.166. The van der Waals surface area contributed by atoms with Crippen molar-refractivity contribution >= 4 is 11.8 Å². The second-order valence-electron chi connectivity index (χ2n) is 5.43. The van der Waals surface area contributed by atoms with Gasteiger partial charge in [0.15, 0.2) is 0 Å². The first-order valence-corrected chi connectivity index (χ1v) is 6.85. The largest absolute Gasteiger partial charge is 0.348 e. The number of amides is 2. The van der Waals surface area contributed by atoms with E-state index in [-0.39, 0.29) is 17.9 Å². The first-order valence-electron chi connectivity index (χ1n) is 6.85. The summed E-state index contributed by atoms with van der Waals surface area (Å²) in [5, 5.41) is 2.95. The quantitative estimate of drug-likeness (QED) is 0.836. The Balaban J connectivity index is 2.09. The third-order valence-corrected chi connectivity index (χ3v) is 3.54. The zero-order valence-electron chi connectivity index (χ0n) is 11.9. The Morgan fingerprint density at radius 2 is 2.00 bits per heavy atom. The molecule has 0 bridgehead atoms. The van der Waals surface area contributed by atoms with Crippen molar-refractivity contribution in [3.63, 3.8) is 0 Å². The van der Waals surface area contributed by atoms with Crippen molar-refractivity contribution in [3.8, 4) is 0 Å². The van der Waals surface area contributed by atoms with Gasteiger partial charge in [-0.2, -0.15) is 0 Å². The molecule has 0 saturated heterocycles. The Labute approximate surface area is 119 Å². The number of benzene rings is 1. The van der Waals surface area contributed by atoms with Crippen molar-refractivity contribution in [2.24, 2.45) is 11.7 Å². The van der Waals surface area contributed by atoms with Gasteiger partial charge in [-0.15, -0.1) is 0 Å². The van der Waals surface area contributed by atoms with Crippen LogP contribution < -0.4 is 11.1 Å². The van der Waals surface area contributed by atoms with Gasteiger partial charge in [-0.05, 0) is 37.0 Å². The number of hydrogen-bond acceptors (Lipinski definition) is 3. The van der Waals surface area contributed by atoms with Crippen LogP contribution in [0.3, 0.4) is 0 Å². The second kappa shape index (κ2) is 6.05. The number of carbonyl (C=O) groups excluding carboxylic acids is 2. The van der Waals surface area contributed by atoms with E-state index in [1.54, 1.807) is 38.4 Å². The zero-order valence-corrected chi connectivity index (χ0v) is 11.9. The van der Waals surface area contributed by atoms with Crippen LogP contribution in [-0.4, -0.2) is 43.4 Å². The van der Waals surface area contributed by atoms with Crippen LogP contribution in [-0.2, 0) is 0 Å². The molecule has 0 spiro atoms. The number of carbonyl (C=O) groups is 2. The Kier molecular flexibility index (Phi) is 4.39. The summed E-state index contributed by atoms with van der Waals surface area (Å²) in [6.07, 6.45) is 2.25. The van der Waals surface area contributed by atoms with Crippen molar-refractivity contribution in [3.05, 3.63) is 35.4 Å². The van der Waals surface area contributed by atoms with Gasteiger partial charge in [0.05, 0.1) is 0 Å². The van der Waals surface area contributed by atoms with Crippen LogP contribution in [0.15, 0.2) is 24.3 Å². The first-order chi connectivity index (χ1) is 9.52. The predicted octanol–water partition coefficient (Wildman–Crippen LogP) is 0.855. The molecule has 1 aromatic carbocycles. The third-order valence-electron chi connectivity index (χ3n) is 3.54. The van der Waals surface area contributed by atoms with E-state index in [4.69, 9.17) is 5.73 Å². The molecule has 1 aliphatic carbocycles. The summed E-state index contributed by atoms with van der Waals surface area (Å²) in [4.78, 5) is 25.6. The molecular weight excluding hydrogens is 254 g/mol. The molecule has 1 atom stereocenters. The maximum Gasteiger partial charge on any atom is 0.253 e. The van der Waals surface area contributed by atoms with Gasteiger partial charge >= 0.3 is 0 Å². The van der Waals surface area contributed by atoms with Gasteiger partial charge in [-0.25, -0.2) is 0 Å². The highest BCUT2D eigenvalue weighted by Gasteiger charge is 2.31. The maximum atomic E-state index is 12.2. The molecule has 1 fully saturated rings. The summed E-state index contributed by atoms with van der Waals surface area (Å²) in [5.41, 5.74) is 6.69. The zero-order chi connectivity index (χ0) is 14.7. The van der Waals surface area contributed by atoms with Crippen LogP contribution in [0.25, 0.3) is 0 Å². The molecule has 1 saturated carbocycles. The highest BCUT2D eigenvalue weighted by molar-refractivity contribution is 5.99. The lowest BCUT2D eigenvalue weighted by molar-refractivity contribution is 0.0827. The molecular formula is C15H21N3O2. The molecule has 0 aliphatic heterocycles. The van der Waals surface area contributed by atoms with Gasteiger partial charge < -0.3 is 16.0 Å². The molecule has 2 rings (SSSR count). The average Bonchev–Trinajstić information content (AvgIpc) is 3.28. The Morgan fingerprint density at radius 3 is 2.55 bits per heavy atom. The second-order valence-corrected chi connectivity index (χ2v) is 5.43. The van der Waals surface area contributed by atoms with Crippen molar-refractivity contribution in [1.82, 2.24) is 10.2 Å². The third kappa shape index (κ3) is 3.36. The van der Waals surface area contributed by atoms with Gasteiger partial charge in [0.1, 0.15) is 0 Å². The molecule has 3 N–H and O–H groups in total. The SMILES string of the molecule is CN(C)C(=O)c1cccc(C(=O)NC(CN)C2CC2)c1. The van der Waals surface area contributed by atoms with Crippen molar-refractivity contribution in [2.75, 3.05) is 20.6 Å². The summed E-state index contributed by atoms with van der Waals surface area (Å²) in [6.45, 7) is 0.451. The summed E-state index contributed by atoms with van der Waals surface area (Å²) >= 11 is 0.